The van der Waals surface area contributed by atoms with Crippen molar-refractivity contribution < 1.29 is 24.3 Å². The summed E-state index contributed by atoms with van der Waals surface area (Å²) < 4.78 is 0. The van der Waals surface area contributed by atoms with Gasteiger partial charge in [0.15, 0.2) is 0 Å². The van der Waals surface area contributed by atoms with Crippen molar-refractivity contribution in [2.75, 3.05) is 13.1 Å². The summed E-state index contributed by atoms with van der Waals surface area (Å²) in [5, 5.41) is 16.8. The van der Waals surface area contributed by atoms with E-state index in [1.807, 2.05) is 24.3 Å². The second kappa shape index (κ2) is 10.9. The number of nitrogens with zero attached hydrogens (tertiary/aromatic N) is 1. The molecule has 0 aliphatic heterocycles. The largest absolute Gasteiger partial charge is 0.480 e. The number of aromatic nitrogens is 3. The number of nitrogens with two attached hydrogens (primary N) is 1. The Balaban J connectivity index is 1.69. The van der Waals surface area contributed by atoms with Crippen LogP contribution in [-0.4, -0.2) is 68.9 Å². The van der Waals surface area contributed by atoms with Crippen molar-refractivity contribution in [3.8, 4) is 0 Å². The lowest BCUT2D eigenvalue weighted by atomic mass is 10.0. The van der Waals surface area contributed by atoms with E-state index in [1.165, 1.54) is 6.33 Å². The standard InChI is InChI=1S/C21H25N7O5/c22-15(6-13-8-23-11-27-13)20(32)28-17(21(33)26-9-18(29)25-10-19(30)31)5-12-7-24-16-4-2-1-3-14(12)16/h1-4,7-8,11,15,17,24H,5-6,9-10,22H2,(H,23,27)(H,25,29)(H,26,33)(H,28,32)(H,30,31)/t15-,17-/m0/s1. The highest BCUT2D eigenvalue weighted by molar-refractivity contribution is 5.93. The number of carboxylic acid groups (broad SMARTS) is 1. The molecule has 0 saturated carbocycles. The van der Waals surface area contributed by atoms with E-state index in [4.69, 9.17) is 10.8 Å². The first-order valence-corrected chi connectivity index (χ1v) is 10.2. The highest BCUT2D eigenvalue weighted by Gasteiger charge is 2.26. The van der Waals surface area contributed by atoms with Crippen molar-refractivity contribution in [3.63, 3.8) is 0 Å². The maximum absolute atomic E-state index is 12.8. The van der Waals surface area contributed by atoms with Crippen LogP contribution in [0.4, 0.5) is 0 Å². The Morgan fingerprint density at radius 1 is 1.03 bits per heavy atom. The van der Waals surface area contributed by atoms with Gasteiger partial charge in [0.2, 0.25) is 17.7 Å². The third-order valence-electron chi connectivity index (χ3n) is 4.92. The maximum atomic E-state index is 12.8. The minimum absolute atomic E-state index is 0.148. The van der Waals surface area contributed by atoms with Gasteiger partial charge >= 0.3 is 5.97 Å². The number of nitrogens with one attached hydrogen (secondary N) is 5. The van der Waals surface area contributed by atoms with E-state index in [-0.39, 0.29) is 12.8 Å². The molecule has 3 amide bonds. The molecule has 0 spiro atoms. The van der Waals surface area contributed by atoms with Gasteiger partial charge in [0, 0.05) is 41.8 Å². The van der Waals surface area contributed by atoms with Crippen LogP contribution in [0.2, 0.25) is 0 Å². The fourth-order valence-electron chi connectivity index (χ4n) is 3.26. The Hall–Kier alpha value is -4.19. The fraction of sp³-hybridized carbons (Fsp3) is 0.286. The Labute approximate surface area is 188 Å². The third kappa shape index (κ3) is 6.64. The van der Waals surface area contributed by atoms with Crippen molar-refractivity contribution in [1.82, 2.24) is 30.9 Å². The van der Waals surface area contributed by atoms with Gasteiger partial charge < -0.3 is 36.8 Å². The molecular weight excluding hydrogens is 430 g/mol. The molecule has 12 heteroatoms. The lowest BCUT2D eigenvalue weighted by Crippen LogP contribution is -2.54. The highest BCUT2D eigenvalue weighted by atomic mass is 16.4. The summed E-state index contributed by atoms with van der Waals surface area (Å²) in [5.74, 6) is -3.02. The fourth-order valence-corrected chi connectivity index (χ4v) is 3.26. The van der Waals surface area contributed by atoms with Gasteiger partial charge in [-0.2, -0.15) is 0 Å². The second-order valence-corrected chi connectivity index (χ2v) is 7.40. The van der Waals surface area contributed by atoms with Gasteiger partial charge in [-0.05, 0) is 11.6 Å². The minimum atomic E-state index is -1.20. The Morgan fingerprint density at radius 3 is 2.55 bits per heavy atom. The molecule has 0 radical (unpaired) electrons. The second-order valence-electron chi connectivity index (χ2n) is 7.40. The Kier molecular flexibility index (Phi) is 7.76. The molecular formula is C21H25N7O5. The normalized spacial score (nSPS) is 12.6. The number of carbonyl (C=O) groups excluding carboxylic acids is 3. The molecule has 3 rings (SSSR count). The van der Waals surface area contributed by atoms with Crippen molar-refractivity contribution in [2.45, 2.75) is 24.9 Å². The SMILES string of the molecule is N[C@@H](Cc1cnc[nH]1)C(=O)N[C@@H](Cc1c[nH]c2ccccc12)C(=O)NCC(=O)NCC(=O)O. The van der Waals surface area contributed by atoms with Crippen LogP contribution < -0.4 is 21.7 Å². The smallest absolute Gasteiger partial charge is 0.322 e. The summed E-state index contributed by atoms with van der Waals surface area (Å²) >= 11 is 0. The summed E-state index contributed by atoms with van der Waals surface area (Å²) in [6.07, 6.45) is 5.13. The number of para-hydroxylation sites is 1. The van der Waals surface area contributed by atoms with Crippen LogP contribution in [0, 0.1) is 0 Å². The zero-order valence-corrected chi connectivity index (χ0v) is 17.6. The van der Waals surface area contributed by atoms with E-state index < -0.39 is 48.9 Å². The number of benzene rings is 1. The molecule has 2 heterocycles. The molecule has 174 valence electrons. The van der Waals surface area contributed by atoms with E-state index in [0.717, 1.165) is 16.5 Å². The van der Waals surface area contributed by atoms with Crippen LogP contribution in [0.25, 0.3) is 10.9 Å². The van der Waals surface area contributed by atoms with Crippen LogP contribution in [0.1, 0.15) is 11.3 Å². The van der Waals surface area contributed by atoms with E-state index in [9.17, 15) is 19.2 Å². The van der Waals surface area contributed by atoms with E-state index >= 15 is 0 Å². The highest BCUT2D eigenvalue weighted by Crippen LogP contribution is 2.19. The molecule has 0 unspecified atom stereocenters. The third-order valence-corrected chi connectivity index (χ3v) is 4.92. The predicted octanol–water partition coefficient (Wildman–Crippen LogP) is -1.19. The number of amides is 3. The van der Waals surface area contributed by atoms with Crippen molar-refractivity contribution in [2.24, 2.45) is 5.73 Å². The number of carboxylic acids is 1. The van der Waals surface area contributed by atoms with Gasteiger partial charge in [-0.15, -0.1) is 0 Å². The molecule has 0 aliphatic carbocycles. The first-order valence-electron chi connectivity index (χ1n) is 10.2. The Bertz CT molecular complexity index is 1130. The van der Waals surface area contributed by atoms with E-state index in [0.29, 0.717) is 5.69 Å². The first kappa shape index (κ1) is 23.5. The number of fused-ring (bicyclic) bond motifs is 1. The predicted molar refractivity (Wildman–Crippen MR) is 118 cm³/mol. The average Bonchev–Trinajstić information content (AvgIpc) is 3.45. The van der Waals surface area contributed by atoms with Crippen LogP contribution in [0.3, 0.4) is 0 Å². The monoisotopic (exact) mass is 455 g/mol. The molecule has 0 bridgehead atoms. The van der Waals surface area contributed by atoms with Crippen LogP contribution in [0.5, 0.6) is 0 Å². The number of hydrogen-bond acceptors (Lipinski definition) is 6. The molecule has 33 heavy (non-hydrogen) atoms. The van der Waals surface area contributed by atoms with Crippen molar-refractivity contribution in [3.05, 3.63) is 54.2 Å². The maximum Gasteiger partial charge on any atom is 0.322 e. The number of aromatic amines is 2. The van der Waals surface area contributed by atoms with E-state index in [2.05, 4.69) is 30.9 Å². The zero-order chi connectivity index (χ0) is 23.8. The molecule has 0 aliphatic rings. The minimum Gasteiger partial charge on any atom is -0.480 e. The number of rotatable bonds is 11. The number of imidazole rings is 1. The van der Waals surface area contributed by atoms with Crippen LogP contribution >= 0.6 is 0 Å². The topological polar surface area (TPSA) is 195 Å². The van der Waals surface area contributed by atoms with E-state index in [1.54, 1.807) is 12.4 Å². The number of aliphatic carboxylic acids is 1. The number of carbonyl (C=O) groups is 4. The molecule has 8 N–H and O–H groups in total. The molecule has 2 aromatic heterocycles. The van der Waals surface area contributed by atoms with Gasteiger partial charge in [-0.3, -0.25) is 19.2 Å². The molecule has 3 aromatic rings. The number of H-pyrrole nitrogens is 2. The lowest BCUT2D eigenvalue weighted by Gasteiger charge is -2.20. The summed E-state index contributed by atoms with van der Waals surface area (Å²) in [4.78, 5) is 57.7. The molecule has 0 fully saturated rings. The zero-order valence-electron chi connectivity index (χ0n) is 17.6. The van der Waals surface area contributed by atoms with Gasteiger partial charge in [0.05, 0.1) is 18.9 Å². The van der Waals surface area contributed by atoms with Crippen LogP contribution in [0.15, 0.2) is 43.0 Å². The summed E-state index contributed by atoms with van der Waals surface area (Å²) in [6.45, 7) is -1.00. The quantitative estimate of drug-likeness (QED) is 0.189. The summed E-state index contributed by atoms with van der Waals surface area (Å²) in [6, 6.07) is 5.57. The average molecular weight is 455 g/mol. The molecule has 1 aromatic carbocycles. The number of hydrogen-bond donors (Lipinski definition) is 7. The van der Waals surface area contributed by atoms with Gasteiger partial charge in [0.1, 0.15) is 12.6 Å². The Morgan fingerprint density at radius 2 is 1.82 bits per heavy atom. The summed E-state index contributed by atoms with van der Waals surface area (Å²) in [7, 11) is 0. The van der Waals surface area contributed by atoms with Gasteiger partial charge in [0.25, 0.3) is 0 Å². The first-order chi connectivity index (χ1) is 15.8. The molecule has 0 saturated heterocycles. The summed E-state index contributed by atoms with van der Waals surface area (Å²) in [5.41, 5.74) is 8.34. The van der Waals surface area contributed by atoms with Gasteiger partial charge in [-0.25, -0.2) is 4.98 Å². The lowest BCUT2D eigenvalue weighted by molar-refractivity contribution is -0.138. The molecule has 12 nitrogen and oxygen atoms in total. The van der Waals surface area contributed by atoms with Gasteiger partial charge in [-0.1, -0.05) is 18.2 Å². The molecule has 2 atom stereocenters. The van der Waals surface area contributed by atoms with Crippen molar-refractivity contribution >= 4 is 34.6 Å². The van der Waals surface area contributed by atoms with Crippen molar-refractivity contribution in [1.29, 1.82) is 0 Å². The van der Waals surface area contributed by atoms with Crippen LogP contribution in [-0.2, 0) is 32.0 Å².